The molecule has 2 bridgehead atoms. The largest absolute Gasteiger partial charge is 0.468 e. The van der Waals surface area contributed by atoms with Crippen molar-refractivity contribution in [3.8, 4) is 5.75 Å². The molecule has 5 nitrogen and oxygen atoms in total. The Balaban J connectivity index is 1.87. The van der Waals surface area contributed by atoms with Gasteiger partial charge in [-0.1, -0.05) is 18.2 Å². The van der Waals surface area contributed by atoms with E-state index in [1.165, 1.54) is 5.56 Å². The molecule has 0 saturated heterocycles. The number of aromatic nitrogens is 3. The molecule has 16 heavy (non-hydrogen) atoms. The molecule has 2 aliphatic heterocycles. The van der Waals surface area contributed by atoms with Crippen molar-refractivity contribution in [2.24, 2.45) is 0 Å². The molecule has 2 unspecified atom stereocenters. The molecule has 80 valence electrons. The van der Waals surface area contributed by atoms with Gasteiger partial charge in [-0.2, -0.15) is 14.8 Å². The number of hydrogen-bond donors (Lipinski definition) is 1. The predicted octanol–water partition coefficient (Wildman–Crippen LogP) is 1.73. The number of rotatable bonds is 0. The Hall–Kier alpha value is -2.04. The topological polar surface area (TPSA) is 52.0 Å². The van der Waals surface area contributed by atoms with Gasteiger partial charge < -0.3 is 10.1 Å². The summed E-state index contributed by atoms with van der Waals surface area (Å²) < 4.78 is 7.71. The highest BCUT2D eigenvalue weighted by Crippen LogP contribution is 2.43. The summed E-state index contributed by atoms with van der Waals surface area (Å²) in [5.74, 6) is 1.73. The van der Waals surface area contributed by atoms with Crippen LogP contribution in [0, 0.1) is 0 Å². The van der Waals surface area contributed by atoms with Gasteiger partial charge in [0.1, 0.15) is 12.1 Å². The monoisotopic (exact) mass is 214 g/mol. The van der Waals surface area contributed by atoms with Gasteiger partial charge in [-0.15, -0.1) is 0 Å². The molecule has 0 radical (unpaired) electrons. The van der Waals surface area contributed by atoms with E-state index in [0.29, 0.717) is 0 Å². The van der Waals surface area contributed by atoms with Gasteiger partial charge in [-0.05, 0) is 6.07 Å². The summed E-state index contributed by atoms with van der Waals surface area (Å²) in [4.78, 5) is 4.17. The lowest BCUT2D eigenvalue weighted by Crippen LogP contribution is -2.34. The number of anilines is 1. The summed E-state index contributed by atoms with van der Waals surface area (Å²) >= 11 is 0. The molecule has 2 aliphatic rings. The first kappa shape index (κ1) is 8.15. The molecule has 2 atom stereocenters. The molecule has 3 heterocycles. The Kier molecular flexibility index (Phi) is 1.40. The maximum Gasteiger partial charge on any atom is 0.224 e. The van der Waals surface area contributed by atoms with Crippen molar-refractivity contribution in [2.75, 3.05) is 5.32 Å². The van der Waals surface area contributed by atoms with Crippen LogP contribution >= 0.6 is 0 Å². The number of ether oxygens (including phenoxy) is 1. The zero-order valence-electron chi connectivity index (χ0n) is 8.50. The smallest absolute Gasteiger partial charge is 0.224 e. The van der Waals surface area contributed by atoms with Gasteiger partial charge in [0.25, 0.3) is 0 Å². The molecule has 2 aromatic rings. The highest BCUT2D eigenvalue weighted by molar-refractivity contribution is 5.44. The second kappa shape index (κ2) is 2.75. The zero-order chi connectivity index (χ0) is 10.5. The van der Waals surface area contributed by atoms with Gasteiger partial charge >= 0.3 is 0 Å². The molecule has 0 spiro atoms. The Morgan fingerprint density at radius 1 is 1.38 bits per heavy atom. The van der Waals surface area contributed by atoms with Crippen LogP contribution in [0.25, 0.3) is 0 Å². The van der Waals surface area contributed by atoms with E-state index in [2.05, 4.69) is 21.5 Å². The average molecular weight is 214 g/mol. The van der Waals surface area contributed by atoms with Crippen LogP contribution in [0.4, 0.5) is 5.95 Å². The van der Waals surface area contributed by atoms with Crippen molar-refractivity contribution in [1.82, 2.24) is 14.8 Å². The Morgan fingerprint density at radius 3 is 3.31 bits per heavy atom. The summed E-state index contributed by atoms with van der Waals surface area (Å²) in [6, 6.07) is 8.39. The van der Waals surface area contributed by atoms with Crippen molar-refractivity contribution >= 4 is 5.95 Å². The van der Waals surface area contributed by atoms with Crippen LogP contribution in [0.2, 0.25) is 0 Å². The number of hydrogen-bond acceptors (Lipinski definition) is 4. The van der Waals surface area contributed by atoms with Crippen molar-refractivity contribution in [1.29, 1.82) is 0 Å². The maximum absolute atomic E-state index is 5.91. The normalized spacial score (nSPS) is 25.0. The molecule has 1 aromatic heterocycles. The third-order valence-corrected chi connectivity index (χ3v) is 3.14. The number of para-hydroxylation sites is 1. The highest BCUT2D eigenvalue weighted by atomic mass is 16.5. The lowest BCUT2D eigenvalue weighted by atomic mass is 9.98. The second-order valence-corrected chi connectivity index (χ2v) is 4.07. The molecule has 0 fully saturated rings. The SMILES string of the molecule is c1ccc2c(c1)OC1CC2Nc2ncnn21. The van der Waals surface area contributed by atoms with Crippen molar-refractivity contribution in [3.63, 3.8) is 0 Å². The van der Waals surface area contributed by atoms with Crippen molar-refractivity contribution in [3.05, 3.63) is 36.2 Å². The van der Waals surface area contributed by atoms with Gasteiger partial charge in [0.15, 0.2) is 6.23 Å². The van der Waals surface area contributed by atoms with Gasteiger partial charge in [0, 0.05) is 12.0 Å². The molecule has 4 rings (SSSR count). The maximum atomic E-state index is 5.91. The zero-order valence-corrected chi connectivity index (χ0v) is 8.50. The molecule has 0 saturated carbocycles. The Morgan fingerprint density at radius 2 is 2.31 bits per heavy atom. The molecular weight excluding hydrogens is 204 g/mol. The number of fused-ring (bicyclic) bond motifs is 6. The van der Waals surface area contributed by atoms with Crippen LogP contribution in [0.15, 0.2) is 30.6 Å². The third-order valence-electron chi connectivity index (χ3n) is 3.14. The van der Waals surface area contributed by atoms with Crippen LogP contribution in [0.1, 0.15) is 24.3 Å². The quantitative estimate of drug-likeness (QED) is 0.725. The first-order chi connectivity index (χ1) is 7.92. The van der Waals surface area contributed by atoms with E-state index < -0.39 is 0 Å². The summed E-state index contributed by atoms with van der Waals surface area (Å²) in [5, 5.41) is 7.54. The van der Waals surface area contributed by atoms with Gasteiger partial charge in [0.05, 0.1) is 6.04 Å². The molecule has 5 heteroatoms. The molecule has 0 amide bonds. The summed E-state index contributed by atoms with van der Waals surface area (Å²) in [5.41, 5.74) is 1.20. The van der Waals surface area contributed by atoms with Crippen molar-refractivity contribution in [2.45, 2.75) is 18.7 Å². The van der Waals surface area contributed by atoms with E-state index in [0.717, 1.165) is 18.1 Å². The summed E-state index contributed by atoms with van der Waals surface area (Å²) in [6.45, 7) is 0. The minimum Gasteiger partial charge on any atom is -0.468 e. The van der Waals surface area contributed by atoms with Crippen LogP contribution < -0.4 is 10.1 Å². The number of nitrogens with one attached hydrogen (secondary N) is 1. The van der Waals surface area contributed by atoms with E-state index in [-0.39, 0.29) is 12.3 Å². The Bertz CT molecular complexity index is 550. The fraction of sp³-hybridized carbons (Fsp3) is 0.273. The fourth-order valence-corrected chi connectivity index (χ4v) is 2.41. The van der Waals surface area contributed by atoms with Gasteiger partial charge in [0.2, 0.25) is 5.95 Å². The second-order valence-electron chi connectivity index (χ2n) is 4.07. The Labute approximate surface area is 92.1 Å². The third kappa shape index (κ3) is 0.946. The van der Waals surface area contributed by atoms with E-state index in [4.69, 9.17) is 4.74 Å². The minimum atomic E-state index is -0.0290. The number of benzene rings is 1. The van der Waals surface area contributed by atoms with Crippen LogP contribution in [-0.2, 0) is 0 Å². The molecular formula is C11H10N4O. The number of nitrogens with zero attached hydrogens (tertiary/aromatic N) is 3. The van der Waals surface area contributed by atoms with E-state index in [1.807, 2.05) is 18.2 Å². The van der Waals surface area contributed by atoms with E-state index in [1.54, 1.807) is 11.0 Å². The summed E-state index contributed by atoms with van der Waals surface area (Å²) in [7, 11) is 0. The lowest BCUT2D eigenvalue weighted by molar-refractivity contribution is 0.0775. The lowest BCUT2D eigenvalue weighted by Gasteiger charge is -2.37. The van der Waals surface area contributed by atoms with Crippen molar-refractivity contribution < 1.29 is 4.74 Å². The predicted molar refractivity (Wildman–Crippen MR) is 57.1 cm³/mol. The molecule has 0 aliphatic carbocycles. The summed E-state index contributed by atoms with van der Waals surface area (Å²) in [6.07, 6.45) is 2.42. The van der Waals surface area contributed by atoms with Gasteiger partial charge in [-0.3, -0.25) is 0 Å². The van der Waals surface area contributed by atoms with E-state index >= 15 is 0 Å². The fourth-order valence-electron chi connectivity index (χ4n) is 2.41. The molecule has 1 aromatic carbocycles. The standard InChI is InChI=1S/C11H10N4O/c1-2-4-9-7(3-1)8-5-10(16-9)15-11(14-8)12-6-13-15/h1-4,6,8,10H,5H2,(H,12,13,14). The van der Waals surface area contributed by atoms with Crippen LogP contribution in [0.3, 0.4) is 0 Å². The first-order valence-corrected chi connectivity index (χ1v) is 5.33. The van der Waals surface area contributed by atoms with Crippen LogP contribution in [0.5, 0.6) is 5.75 Å². The molecule has 1 N–H and O–H groups in total. The minimum absolute atomic E-state index is 0.0290. The van der Waals surface area contributed by atoms with Gasteiger partial charge in [-0.25, -0.2) is 0 Å². The van der Waals surface area contributed by atoms with E-state index in [9.17, 15) is 0 Å². The highest BCUT2D eigenvalue weighted by Gasteiger charge is 2.35. The van der Waals surface area contributed by atoms with Crippen LogP contribution in [-0.4, -0.2) is 14.8 Å². The first-order valence-electron chi connectivity index (χ1n) is 5.33. The average Bonchev–Trinajstić information content (AvgIpc) is 2.78.